The zero-order valence-electron chi connectivity index (χ0n) is 23.0. The number of phenols is 2. The van der Waals surface area contributed by atoms with Gasteiger partial charge in [0.1, 0.15) is 22.8 Å². The Morgan fingerprint density at radius 3 is 2.49 bits per heavy atom. The molecule has 6 unspecified atom stereocenters. The lowest BCUT2D eigenvalue weighted by atomic mass is 9.72. The van der Waals surface area contributed by atoms with Gasteiger partial charge >= 0.3 is 0 Å². The van der Waals surface area contributed by atoms with Crippen molar-refractivity contribution in [2.24, 2.45) is 5.92 Å². The van der Waals surface area contributed by atoms with Gasteiger partial charge in [-0.3, -0.25) is 14.4 Å². The quantitative estimate of drug-likeness (QED) is 0.232. The van der Waals surface area contributed by atoms with Crippen LogP contribution < -0.4 is 4.74 Å². The van der Waals surface area contributed by atoms with Gasteiger partial charge in [-0.1, -0.05) is 19.1 Å². The number of carbonyl (C=O) groups excluding carboxylic acids is 3. The van der Waals surface area contributed by atoms with E-state index < -0.39 is 52.8 Å². The van der Waals surface area contributed by atoms with Gasteiger partial charge in [0.15, 0.2) is 11.6 Å². The lowest BCUT2D eigenvalue weighted by Gasteiger charge is -2.42. The Hall–Kier alpha value is -2.63. The summed E-state index contributed by atoms with van der Waals surface area (Å²) in [6.07, 6.45) is -1.75. The summed E-state index contributed by atoms with van der Waals surface area (Å²) in [5.74, 6) is -1.95. The summed E-state index contributed by atoms with van der Waals surface area (Å²) in [5, 5.41) is 45.0. The molecule has 6 atom stereocenters. The van der Waals surface area contributed by atoms with Gasteiger partial charge in [0, 0.05) is 46.4 Å². The number of hydrogen-bond acceptors (Lipinski definition) is 10. The van der Waals surface area contributed by atoms with Crippen molar-refractivity contribution in [1.82, 2.24) is 0 Å². The topological polar surface area (TPSA) is 151 Å². The first-order valence-electron chi connectivity index (χ1n) is 13.5. The fraction of sp³-hybridized carbons (Fsp3) is 0.500. The number of ketones is 3. The van der Waals surface area contributed by atoms with Crippen molar-refractivity contribution in [2.75, 3.05) is 18.7 Å². The first kappa shape index (κ1) is 29.8. The number of halogens is 1. The fourth-order valence-corrected chi connectivity index (χ4v) is 7.90. The summed E-state index contributed by atoms with van der Waals surface area (Å²) in [5.41, 5.74) is -2.65. The summed E-state index contributed by atoms with van der Waals surface area (Å²) in [7, 11) is 1.36. The van der Waals surface area contributed by atoms with Gasteiger partial charge in [0.05, 0.1) is 42.1 Å². The second-order valence-electron chi connectivity index (χ2n) is 11.1. The van der Waals surface area contributed by atoms with Gasteiger partial charge in [0.2, 0.25) is 5.78 Å². The monoisotopic (exact) mass is 604 g/mol. The minimum absolute atomic E-state index is 0.0113. The van der Waals surface area contributed by atoms with Crippen molar-refractivity contribution in [3.63, 3.8) is 0 Å². The van der Waals surface area contributed by atoms with E-state index in [0.717, 1.165) is 0 Å². The Balaban J connectivity index is 1.63. The summed E-state index contributed by atoms with van der Waals surface area (Å²) >= 11 is 7.41. The van der Waals surface area contributed by atoms with E-state index >= 15 is 0 Å². The first-order valence-corrected chi connectivity index (χ1v) is 15.1. The van der Waals surface area contributed by atoms with E-state index in [1.54, 1.807) is 6.07 Å². The predicted octanol–water partition coefficient (Wildman–Crippen LogP) is 3.71. The summed E-state index contributed by atoms with van der Waals surface area (Å²) < 4.78 is 11.8. The molecule has 0 aromatic heterocycles. The molecule has 0 heterocycles. The maximum Gasteiger partial charge on any atom is 0.202 e. The maximum absolute atomic E-state index is 13.8. The predicted molar refractivity (Wildman–Crippen MR) is 153 cm³/mol. The number of alkyl halides is 1. The Morgan fingerprint density at radius 2 is 1.83 bits per heavy atom. The van der Waals surface area contributed by atoms with Crippen molar-refractivity contribution in [2.45, 2.75) is 68.7 Å². The van der Waals surface area contributed by atoms with Gasteiger partial charge in [0.25, 0.3) is 0 Å². The zero-order valence-corrected chi connectivity index (χ0v) is 24.6. The molecule has 0 bridgehead atoms. The highest BCUT2D eigenvalue weighted by atomic mass is 35.5. The van der Waals surface area contributed by atoms with Gasteiger partial charge < -0.3 is 29.9 Å². The average molecular weight is 605 g/mol. The van der Waals surface area contributed by atoms with E-state index in [2.05, 4.69) is 0 Å². The number of carbonyl (C=O) groups is 3. The summed E-state index contributed by atoms with van der Waals surface area (Å²) in [4.78, 5) is 40.0. The fourth-order valence-electron chi connectivity index (χ4n) is 6.42. The number of benzene rings is 2. The molecule has 2 aromatic carbocycles. The Bertz CT molecular complexity index is 1430. The molecule has 0 saturated heterocycles. The molecule has 4 N–H and O–H groups in total. The number of phenolic OH excluding ortho intramolecular Hbond substituents is 2. The number of ether oxygens (including phenoxy) is 2. The SMILES string of the molecule is COc1cccc2c1C(=O)c1c(O)c3c(c(O)c1C2=O)CC(O)(C(C)=O)CC3OC1CC(C)C(O)C(SCCCl)C1. The normalized spacial score (nSPS) is 29.0. The van der Waals surface area contributed by atoms with Crippen LogP contribution >= 0.6 is 23.4 Å². The van der Waals surface area contributed by atoms with Gasteiger partial charge in [-0.15, -0.1) is 11.6 Å². The second kappa shape index (κ2) is 11.2. The third-order valence-electron chi connectivity index (χ3n) is 8.59. The molecule has 0 amide bonds. The van der Waals surface area contributed by atoms with Gasteiger partial charge in [-0.2, -0.15) is 11.8 Å². The standard InChI is InChI=1S/C30H33ClO9S/c1-13-9-15(10-20(25(13)33)41-8-7-31)40-19-12-30(38,14(2)32)11-17-22(19)29(37)24-23(27(17)35)26(34)16-5-4-6-18(39-3)21(16)28(24)36/h4-6,13,15,19-20,25,33,35,37-38H,7-12H2,1-3H3. The van der Waals surface area contributed by atoms with Crippen LogP contribution in [0.2, 0.25) is 0 Å². The van der Waals surface area contributed by atoms with Gasteiger partial charge in [-0.25, -0.2) is 0 Å². The molecular weight excluding hydrogens is 572 g/mol. The molecule has 3 aliphatic carbocycles. The number of aromatic hydroxyl groups is 2. The van der Waals surface area contributed by atoms with Crippen LogP contribution in [0, 0.1) is 5.92 Å². The van der Waals surface area contributed by atoms with Crippen LogP contribution in [0.1, 0.15) is 82.2 Å². The summed E-state index contributed by atoms with van der Waals surface area (Å²) in [6, 6.07) is 4.51. The van der Waals surface area contributed by atoms with Crippen LogP contribution in [0.4, 0.5) is 0 Å². The minimum atomic E-state index is -1.94. The molecule has 0 radical (unpaired) electrons. The number of methoxy groups -OCH3 is 1. The van der Waals surface area contributed by atoms with Crippen molar-refractivity contribution >= 4 is 40.7 Å². The van der Waals surface area contributed by atoms with Crippen molar-refractivity contribution in [3.8, 4) is 17.2 Å². The molecule has 5 rings (SSSR count). The second-order valence-corrected chi connectivity index (χ2v) is 12.9. The van der Waals surface area contributed by atoms with Crippen molar-refractivity contribution in [1.29, 1.82) is 0 Å². The van der Waals surface area contributed by atoms with Crippen molar-refractivity contribution in [3.05, 3.63) is 51.6 Å². The zero-order chi connectivity index (χ0) is 29.8. The van der Waals surface area contributed by atoms with Crippen LogP contribution in [0.5, 0.6) is 17.2 Å². The van der Waals surface area contributed by atoms with E-state index in [9.17, 15) is 34.8 Å². The first-order chi connectivity index (χ1) is 19.4. The highest BCUT2D eigenvalue weighted by Crippen LogP contribution is 2.53. The van der Waals surface area contributed by atoms with Crippen LogP contribution in [0.3, 0.4) is 0 Å². The number of hydrogen-bond donors (Lipinski definition) is 4. The Kier molecular flexibility index (Phi) is 8.17. The van der Waals surface area contributed by atoms with E-state index in [4.69, 9.17) is 21.1 Å². The van der Waals surface area contributed by atoms with E-state index in [1.807, 2.05) is 6.92 Å². The summed E-state index contributed by atoms with van der Waals surface area (Å²) in [6.45, 7) is 3.14. The number of rotatable bonds is 7. The molecule has 220 valence electrons. The highest BCUT2D eigenvalue weighted by molar-refractivity contribution is 8.00. The molecule has 1 saturated carbocycles. The molecular formula is C30H33ClO9S. The number of aliphatic hydroxyl groups is 2. The number of thioether (sulfide) groups is 1. The number of fused-ring (bicyclic) bond motifs is 3. The van der Waals surface area contributed by atoms with Crippen LogP contribution in [-0.4, -0.2) is 79.6 Å². The molecule has 0 aliphatic heterocycles. The number of Topliss-reactive ketones (excluding diaryl/α,β-unsaturated/α-hetero) is 1. The molecule has 2 aromatic rings. The lowest BCUT2D eigenvalue weighted by molar-refractivity contribution is -0.146. The Labute approximate surface area is 246 Å². The van der Waals surface area contributed by atoms with Crippen LogP contribution in [0.15, 0.2) is 18.2 Å². The highest BCUT2D eigenvalue weighted by Gasteiger charge is 2.49. The third kappa shape index (κ3) is 4.93. The molecule has 1 fully saturated rings. The van der Waals surface area contributed by atoms with E-state index in [-0.39, 0.29) is 63.1 Å². The average Bonchev–Trinajstić information content (AvgIpc) is 2.93. The molecule has 3 aliphatic rings. The third-order valence-corrected chi connectivity index (χ3v) is 10.3. The minimum Gasteiger partial charge on any atom is -0.507 e. The van der Waals surface area contributed by atoms with Crippen molar-refractivity contribution < 1.29 is 44.3 Å². The molecule has 41 heavy (non-hydrogen) atoms. The van der Waals surface area contributed by atoms with Gasteiger partial charge in [-0.05, 0) is 31.7 Å². The number of aliphatic hydroxyl groups excluding tert-OH is 1. The molecule has 9 nitrogen and oxygen atoms in total. The van der Waals surface area contributed by atoms with Crippen LogP contribution in [0.25, 0.3) is 0 Å². The largest absolute Gasteiger partial charge is 0.507 e. The Morgan fingerprint density at radius 1 is 1.12 bits per heavy atom. The van der Waals surface area contributed by atoms with E-state index in [0.29, 0.717) is 24.5 Å². The molecule has 11 heteroatoms. The van der Waals surface area contributed by atoms with E-state index in [1.165, 1.54) is 37.9 Å². The smallest absolute Gasteiger partial charge is 0.202 e. The maximum atomic E-state index is 13.8. The van der Waals surface area contributed by atoms with Crippen LogP contribution in [-0.2, 0) is 16.0 Å². The molecule has 0 spiro atoms. The lowest BCUT2D eigenvalue weighted by Crippen LogP contribution is -2.46.